The van der Waals surface area contributed by atoms with Gasteiger partial charge in [0.05, 0.1) is 10.0 Å². The summed E-state index contributed by atoms with van der Waals surface area (Å²) in [6, 6.07) is 5.67. The molecule has 1 N–H and O–H groups in total. The molecule has 1 atom stereocenters. The predicted molar refractivity (Wildman–Crippen MR) is 113 cm³/mol. The molecule has 1 fully saturated rings. The van der Waals surface area contributed by atoms with E-state index in [0.29, 0.717) is 36.2 Å². The maximum Gasteiger partial charge on any atom is 0.225 e. The molecule has 2 heterocycles. The van der Waals surface area contributed by atoms with Gasteiger partial charge in [0.15, 0.2) is 0 Å². The number of hydrogen-bond acceptors (Lipinski definition) is 3. The Kier molecular flexibility index (Phi) is 6.89. The molecule has 0 spiro atoms. The highest BCUT2D eigenvalue weighted by molar-refractivity contribution is 6.42. The molecule has 5 nitrogen and oxygen atoms in total. The minimum atomic E-state index is -0.0128. The van der Waals surface area contributed by atoms with Crippen LogP contribution in [-0.2, 0) is 9.59 Å². The van der Waals surface area contributed by atoms with Crippen molar-refractivity contribution in [2.45, 2.75) is 32.1 Å². The van der Waals surface area contributed by atoms with Crippen LogP contribution >= 0.6 is 23.2 Å². The average molecular weight is 424 g/mol. The molecular weight excluding hydrogens is 397 g/mol. The Morgan fingerprint density at radius 2 is 1.79 bits per heavy atom. The summed E-state index contributed by atoms with van der Waals surface area (Å²) in [6.45, 7) is 4.22. The zero-order chi connectivity index (χ0) is 20.3. The predicted octanol–water partition coefficient (Wildman–Crippen LogP) is 3.67. The molecule has 28 heavy (non-hydrogen) atoms. The summed E-state index contributed by atoms with van der Waals surface area (Å²) in [5, 5.41) is 4.30. The van der Waals surface area contributed by atoms with E-state index in [1.807, 2.05) is 29.0 Å². The van der Waals surface area contributed by atoms with Gasteiger partial charge < -0.3 is 15.1 Å². The number of carbonyl (C=O) groups is 2. The summed E-state index contributed by atoms with van der Waals surface area (Å²) >= 11 is 12.3. The van der Waals surface area contributed by atoms with Crippen LogP contribution in [0.2, 0.25) is 10.0 Å². The highest BCUT2D eigenvalue weighted by Crippen LogP contribution is 2.31. The van der Waals surface area contributed by atoms with Crippen molar-refractivity contribution in [2.75, 3.05) is 33.2 Å². The number of halogens is 2. The van der Waals surface area contributed by atoms with Crippen LogP contribution in [0.15, 0.2) is 30.0 Å². The van der Waals surface area contributed by atoms with E-state index < -0.39 is 0 Å². The zero-order valence-corrected chi connectivity index (χ0v) is 17.9. The maximum atomic E-state index is 13.2. The number of nitrogens with one attached hydrogen (secondary N) is 1. The van der Waals surface area contributed by atoms with Crippen LogP contribution in [-0.4, -0.2) is 54.8 Å². The van der Waals surface area contributed by atoms with E-state index >= 15 is 0 Å². The third-order valence-corrected chi connectivity index (χ3v) is 6.50. The van der Waals surface area contributed by atoms with Gasteiger partial charge in [0.1, 0.15) is 0 Å². The summed E-state index contributed by atoms with van der Waals surface area (Å²) in [4.78, 5) is 28.5. The lowest BCUT2D eigenvalue weighted by atomic mass is 9.93. The van der Waals surface area contributed by atoms with Gasteiger partial charge in [-0.2, -0.15) is 0 Å². The molecule has 152 valence electrons. The third-order valence-electron chi connectivity index (χ3n) is 5.76. The first kappa shape index (κ1) is 21.0. The van der Waals surface area contributed by atoms with E-state index in [0.717, 1.165) is 30.5 Å². The second-order valence-corrected chi connectivity index (χ2v) is 8.35. The van der Waals surface area contributed by atoms with E-state index in [1.54, 1.807) is 13.0 Å². The number of amides is 2. The molecule has 0 saturated carbocycles. The lowest BCUT2D eigenvalue weighted by molar-refractivity contribution is -0.140. The topological polar surface area (TPSA) is 52.7 Å². The molecule has 1 aromatic rings. The fourth-order valence-electron chi connectivity index (χ4n) is 4.02. The van der Waals surface area contributed by atoms with Crippen LogP contribution in [0.4, 0.5) is 0 Å². The van der Waals surface area contributed by atoms with Crippen LogP contribution in [0.1, 0.15) is 37.7 Å². The quantitative estimate of drug-likeness (QED) is 0.806. The van der Waals surface area contributed by atoms with Crippen LogP contribution in [0.25, 0.3) is 0 Å². The normalized spacial score (nSPS) is 21.1. The molecule has 2 amide bonds. The lowest BCUT2D eigenvalue weighted by Crippen LogP contribution is -2.44. The first-order valence-electron chi connectivity index (χ1n) is 9.76. The molecular formula is C21H27Cl2N3O2. The van der Waals surface area contributed by atoms with E-state index in [2.05, 4.69) is 11.4 Å². The van der Waals surface area contributed by atoms with Gasteiger partial charge in [-0.05, 0) is 30.5 Å². The second-order valence-electron chi connectivity index (χ2n) is 7.54. The van der Waals surface area contributed by atoms with Gasteiger partial charge >= 0.3 is 0 Å². The van der Waals surface area contributed by atoms with Crippen molar-refractivity contribution in [1.29, 1.82) is 0 Å². The van der Waals surface area contributed by atoms with Gasteiger partial charge in [-0.3, -0.25) is 9.59 Å². The summed E-state index contributed by atoms with van der Waals surface area (Å²) < 4.78 is 0. The number of benzene rings is 1. The summed E-state index contributed by atoms with van der Waals surface area (Å²) in [7, 11) is 1.91. The highest BCUT2D eigenvalue weighted by Gasteiger charge is 2.31. The Morgan fingerprint density at radius 1 is 1.07 bits per heavy atom. The van der Waals surface area contributed by atoms with Gasteiger partial charge in [0.25, 0.3) is 0 Å². The molecule has 0 bridgehead atoms. The number of hydrogen-bond donors (Lipinski definition) is 1. The molecule has 0 aliphatic carbocycles. The van der Waals surface area contributed by atoms with Crippen molar-refractivity contribution >= 4 is 35.0 Å². The summed E-state index contributed by atoms with van der Waals surface area (Å²) in [5.41, 5.74) is 2.17. The number of carbonyl (C=O) groups excluding carboxylic acids is 2. The van der Waals surface area contributed by atoms with Crippen molar-refractivity contribution in [3.8, 4) is 0 Å². The smallest absolute Gasteiger partial charge is 0.225 e. The van der Waals surface area contributed by atoms with Crippen LogP contribution in [0.5, 0.6) is 0 Å². The third kappa shape index (κ3) is 4.81. The minimum Gasteiger partial charge on any atom is -0.392 e. The lowest BCUT2D eigenvalue weighted by Gasteiger charge is -2.34. The summed E-state index contributed by atoms with van der Waals surface area (Å²) in [5.74, 6) is 0.324. The number of nitrogens with zero attached hydrogens (tertiary/aromatic N) is 2. The number of piperidine rings is 1. The molecule has 1 aromatic carbocycles. The van der Waals surface area contributed by atoms with Crippen molar-refractivity contribution in [3.63, 3.8) is 0 Å². The largest absolute Gasteiger partial charge is 0.392 e. The molecule has 2 aliphatic heterocycles. The zero-order valence-electron chi connectivity index (χ0n) is 16.4. The molecule has 0 unspecified atom stereocenters. The molecule has 2 aliphatic rings. The van der Waals surface area contributed by atoms with Crippen molar-refractivity contribution in [2.24, 2.45) is 5.92 Å². The fraction of sp³-hybridized carbons (Fsp3) is 0.524. The van der Waals surface area contributed by atoms with Crippen LogP contribution < -0.4 is 5.32 Å². The van der Waals surface area contributed by atoms with Crippen molar-refractivity contribution in [1.82, 2.24) is 15.1 Å². The van der Waals surface area contributed by atoms with Crippen molar-refractivity contribution < 1.29 is 9.59 Å². The molecule has 3 rings (SSSR count). The standard InChI is InChI=1S/C21H27Cl2N3O2/c1-14(27)25-8-5-15(6-9-25)21(28)26-10-7-18(24-2)11-17(13-26)16-3-4-19(22)20(23)12-16/h3-4,11-12,15,17,24H,5-10,13H2,1-2H3/t17-/m0/s1. The van der Waals surface area contributed by atoms with Gasteiger partial charge in [-0.15, -0.1) is 0 Å². The minimum absolute atomic E-state index is 0.0128. The molecule has 0 aromatic heterocycles. The van der Waals surface area contributed by atoms with Crippen LogP contribution in [0.3, 0.4) is 0 Å². The summed E-state index contributed by atoms with van der Waals surface area (Å²) in [6.07, 6.45) is 4.45. The molecule has 0 radical (unpaired) electrons. The first-order chi connectivity index (χ1) is 13.4. The van der Waals surface area contributed by atoms with E-state index in [-0.39, 0.29) is 23.7 Å². The van der Waals surface area contributed by atoms with Crippen LogP contribution in [0, 0.1) is 5.92 Å². The fourth-order valence-corrected chi connectivity index (χ4v) is 4.32. The number of likely N-dealkylation sites (tertiary alicyclic amines) is 1. The molecule has 1 saturated heterocycles. The highest BCUT2D eigenvalue weighted by atomic mass is 35.5. The second kappa shape index (κ2) is 9.19. The maximum absolute atomic E-state index is 13.2. The molecule has 7 heteroatoms. The van der Waals surface area contributed by atoms with Gasteiger partial charge in [-0.1, -0.05) is 35.3 Å². The Hall–Kier alpha value is -1.72. The van der Waals surface area contributed by atoms with Gasteiger partial charge in [0.2, 0.25) is 11.8 Å². The average Bonchev–Trinajstić information content (AvgIpc) is 2.92. The Labute approximate surface area is 176 Å². The van der Waals surface area contributed by atoms with E-state index in [9.17, 15) is 9.59 Å². The number of rotatable bonds is 3. The van der Waals surface area contributed by atoms with Gasteiger partial charge in [0, 0.05) is 64.1 Å². The van der Waals surface area contributed by atoms with E-state index in [4.69, 9.17) is 23.2 Å². The Morgan fingerprint density at radius 3 is 2.39 bits per heavy atom. The van der Waals surface area contributed by atoms with E-state index in [1.165, 1.54) is 0 Å². The monoisotopic (exact) mass is 423 g/mol. The van der Waals surface area contributed by atoms with Gasteiger partial charge in [-0.25, -0.2) is 0 Å². The van der Waals surface area contributed by atoms with Crippen molar-refractivity contribution in [3.05, 3.63) is 45.6 Å². The SMILES string of the molecule is CNC1=C[C@H](c2ccc(Cl)c(Cl)c2)CN(C(=O)C2CCN(C(C)=O)CC2)CC1. The Balaban J connectivity index is 1.75. The Bertz CT molecular complexity index is 773. The first-order valence-corrected chi connectivity index (χ1v) is 10.5.